The highest BCUT2D eigenvalue weighted by Gasteiger charge is 2.10. The van der Waals surface area contributed by atoms with Crippen LogP contribution in [0.5, 0.6) is 5.75 Å². The molecule has 1 saturated heterocycles. The molecule has 1 aliphatic rings. The molecule has 0 atom stereocenters. The average molecular weight is 246 g/mol. The van der Waals surface area contributed by atoms with E-state index < -0.39 is 0 Å². The summed E-state index contributed by atoms with van der Waals surface area (Å²) in [6.07, 6.45) is 5.66. The molecule has 0 spiro atoms. The molecular weight excluding hydrogens is 228 g/mol. The van der Waals surface area contributed by atoms with Crippen molar-refractivity contribution in [2.24, 2.45) is 0 Å². The molecule has 0 aliphatic carbocycles. The van der Waals surface area contributed by atoms with Crippen molar-refractivity contribution in [1.29, 1.82) is 0 Å². The summed E-state index contributed by atoms with van der Waals surface area (Å²) >= 11 is 0. The van der Waals surface area contributed by atoms with Crippen LogP contribution in [0.3, 0.4) is 0 Å². The third kappa shape index (κ3) is 4.35. The Labute approximate surface area is 108 Å². The molecule has 0 bridgehead atoms. The van der Waals surface area contributed by atoms with Crippen LogP contribution in [-0.4, -0.2) is 26.1 Å². The Bertz CT molecular complexity index is 403. The summed E-state index contributed by atoms with van der Waals surface area (Å²) in [6, 6.07) is 9.79. The Morgan fingerprint density at radius 2 is 2.00 bits per heavy atom. The van der Waals surface area contributed by atoms with E-state index in [-0.39, 0.29) is 6.29 Å². The molecule has 1 heterocycles. The highest BCUT2D eigenvalue weighted by atomic mass is 16.7. The third-order valence-corrected chi connectivity index (χ3v) is 2.51. The van der Waals surface area contributed by atoms with Crippen LogP contribution < -0.4 is 4.74 Å². The van der Waals surface area contributed by atoms with Gasteiger partial charge in [-0.25, -0.2) is 0 Å². The maximum atomic E-state index is 5.63. The van der Waals surface area contributed by atoms with E-state index in [1.807, 2.05) is 55.5 Å². The van der Waals surface area contributed by atoms with E-state index >= 15 is 0 Å². The summed E-state index contributed by atoms with van der Waals surface area (Å²) in [6.45, 7) is 3.97. The molecule has 3 heteroatoms. The number of allylic oxidation sites excluding steroid dienone is 2. The van der Waals surface area contributed by atoms with Crippen LogP contribution in [0.2, 0.25) is 0 Å². The van der Waals surface area contributed by atoms with Gasteiger partial charge in [0, 0.05) is 0 Å². The van der Waals surface area contributed by atoms with Crippen molar-refractivity contribution in [3.05, 3.63) is 54.1 Å². The molecule has 0 aromatic heterocycles. The summed E-state index contributed by atoms with van der Waals surface area (Å²) in [5.74, 6) is 0.886. The van der Waals surface area contributed by atoms with Gasteiger partial charge in [0.15, 0.2) is 6.29 Å². The number of hydrogen-bond donors (Lipinski definition) is 0. The smallest absolute Gasteiger partial charge is 0.177 e. The Balaban J connectivity index is 1.75. The number of ether oxygens (including phenoxy) is 3. The Hall–Kier alpha value is -1.58. The largest absolute Gasteiger partial charge is 0.489 e. The van der Waals surface area contributed by atoms with Gasteiger partial charge in [-0.2, -0.15) is 0 Å². The van der Waals surface area contributed by atoms with E-state index in [0.29, 0.717) is 19.8 Å². The minimum Gasteiger partial charge on any atom is -0.489 e. The highest BCUT2D eigenvalue weighted by Crippen LogP contribution is 2.10. The van der Waals surface area contributed by atoms with Crippen molar-refractivity contribution in [2.45, 2.75) is 13.2 Å². The first-order chi connectivity index (χ1) is 8.84. The van der Waals surface area contributed by atoms with E-state index in [1.54, 1.807) is 0 Å². The Kier molecular flexibility index (Phi) is 5.00. The summed E-state index contributed by atoms with van der Waals surface area (Å²) < 4.78 is 16.2. The zero-order valence-corrected chi connectivity index (χ0v) is 10.5. The highest BCUT2D eigenvalue weighted by molar-refractivity contribution is 5.22. The predicted octanol–water partition coefficient (Wildman–Crippen LogP) is 2.94. The van der Waals surface area contributed by atoms with E-state index in [1.165, 1.54) is 0 Å². The van der Waals surface area contributed by atoms with Crippen molar-refractivity contribution >= 4 is 0 Å². The number of hydrogen-bond acceptors (Lipinski definition) is 3. The molecule has 0 amide bonds. The van der Waals surface area contributed by atoms with Gasteiger partial charge in [-0.15, -0.1) is 0 Å². The second kappa shape index (κ2) is 6.99. The first kappa shape index (κ1) is 12.9. The van der Waals surface area contributed by atoms with E-state index in [9.17, 15) is 0 Å². The van der Waals surface area contributed by atoms with Crippen LogP contribution in [0.1, 0.15) is 6.92 Å². The normalized spacial score (nSPS) is 17.5. The number of benzene rings is 1. The number of rotatable bonds is 5. The molecule has 1 aromatic rings. The van der Waals surface area contributed by atoms with Crippen LogP contribution in [0.25, 0.3) is 0 Å². The van der Waals surface area contributed by atoms with Gasteiger partial charge in [-0.3, -0.25) is 0 Å². The van der Waals surface area contributed by atoms with Crippen molar-refractivity contribution in [3.8, 4) is 5.75 Å². The molecule has 2 rings (SSSR count). The maximum Gasteiger partial charge on any atom is 0.177 e. The van der Waals surface area contributed by atoms with Gasteiger partial charge >= 0.3 is 0 Å². The first-order valence-electron chi connectivity index (χ1n) is 6.09. The maximum absolute atomic E-state index is 5.63. The first-order valence-corrected chi connectivity index (χ1v) is 6.09. The molecule has 1 aliphatic heterocycles. The lowest BCUT2D eigenvalue weighted by Gasteiger charge is -2.05. The van der Waals surface area contributed by atoms with Gasteiger partial charge in [-0.05, 0) is 30.7 Å². The van der Waals surface area contributed by atoms with Crippen molar-refractivity contribution in [2.75, 3.05) is 19.8 Å². The van der Waals surface area contributed by atoms with Gasteiger partial charge in [0.2, 0.25) is 0 Å². The van der Waals surface area contributed by atoms with Gasteiger partial charge in [0.25, 0.3) is 0 Å². The lowest BCUT2D eigenvalue weighted by Crippen LogP contribution is -2.01. The summed E-state index contributed by atoms with van der Waals surface area (Å²) in [5, 5.41) is 0. The minimum atomic E-state index is -0.191. The fourth-order valence-corrected chi connectivity index (χ4v) is 1.56. The predicted molar refractivity (Wildman–Crippen MR) is 70.5 cm³/mol. The molecule has 0 radical (unpaired) electrons. The topological polar surface area (TPSA) is 27.7 Å². The van der Waals surface area contributed by atoms with Crippen molar-refractivity contribution < 1.29 is 14.2 Å². The molecule has 96 valence electrons. The van der Waals surface area contributed by atoms with E-state index in [2.05, 4.69) is 0 Å². The lowest BCUT2D eigenvalue weighted by atomic mass is 10.3. The molecule has 1 fully saturated rings. The minimum absolute atomic E-state index is 0.191. The van der Waals surface area contributed by atoms with Gasteiger partial charge in [0.1, 0.15) is 12.4 Å². The standard InChI is InChI=1S/C15H18O3/c1-13(6-5-9-15-16-10-11-17-15)12-18-14-7-3-2-4-8-14/h2-9,15H,10-12H2,1H3/b9-5+,13-6+. The van der Waals surface area contributed by atoms with Crippen LogP contribution >= 0.6 is 0 Å². The van der Waals surface area contributed by atoms with E-state index in [0.717, 1.165) is 11.3 Å². The molecule has 3 nitrogen and oxygen atoms in total. The van der Waals surface area contributed by atoms with E-state index in [4.69, 9.17) is 14.2 Å². The van der Waals surface area contributed by atoms with Crippen molar-refractivity contribution in [1.82, 2.24) is 0 Å². The van der Waals surface area contributed by atoms with Gasteiger partial charge in [-0.1, -0.05) is 30.4 Å². The summed E-state index contributed by atoms with van der Waals surface area (Å²) in [4.78, 5) is 0. The fourth-order valence-electron chi connectivity index (χ4n) is 1.56. The van der Waals surface area contributed by atoms with Crippen LogP contribution in [0.15, 0.2) is 54.1 Å². The SMILES string of the molecule is C/C(=C\C=C\C1OCCO1)COc1ccccc1. The summed E-state index contributed by atoms with van der Waals surface area (Å²) in [7, 11) is 0. The third-order valence-electron chi connectivity index (χ3n) is 2.51. The molecule has 0 unspecified atom stereocenters. The molecular formula is C15H18O3. The van der Waals surface area contributed by atoms with Crippen LogP contribution in [-0.2, 0) is 9.47 Å². The Morgan fingerprint density at radius 1 is 1.28 bits per heavy atom. The molecule has 1 aromatic carbocycles. The zero-order valence-electron chi connectivity index (χ0n) is 10.5. The van der Waals surface area contributed by atoms with Gasteiger partial charge < -0.3 is 14.2 Å². The average Bonchev–Trinajstić information content (AvgIpc) is 2.91. The molecule has 0 saturated carbocycles. The quantitative estimate of drug-likeness (QED) is 0.748. The Morgan fingerprint density at radius 3 is 2.72 bits per heavy atom. The zero-order chi connectivity index (χ0) is 12.6. The lowest BCUT2D eigenvalue weighted by molar-refractivity contribution is -0.00153. The second-order valence-corrected chi connectivity index (χ2v) is 4.11. The van der Waals surface area contributed by atoms with Crippen LogP contribution in [0.4, 0.5) is 0 Å². The number of para-hydroxylation sites is 1. The summed E-state index contributed by atoms with van der Waals surface area (Å²) in [5.41, 5.74) is 1.15. The monoisotopic (exact) mass is 246 g/mol. The molecule has 18 heavy (non-hydrogen) atoms. The fraction of sp³-hybridized carbons (Fsp3) is 0.333. The van der Waals surface area contributed by atoms with Crippen molar-refractivity contribution in [3.63, 3.8) is 0 Å². The van der Waals surface area contributed by atoms with Crippen LogP contribution in [0, 0.1) is 0 Å². The second-order valence-electron chi connectivity index (χ2n) is 4.11. The van der Waals surface area contributed by atoms with Gasteiger partial charge in [0.05, 0.1) is 13.2 Å². The molecule has 0 N–H and O–H groups in total.